The van der Waals surface area contributed by atoms with Gasteiger partial charge >= 0.3 is 0 Å². The summed E-state index contributed by atoms with van der Waals surface area (Å²) in [5.41, 5.74) is 2.26. The van der Waals surface area contributed by atoms with Crippen LogP contribution in [0.15, 0.2) is 6.20 Å². The molecule has 1 unspecified atom stereocenters. The molecule has 1 heterocycles. The van der Waals surface area contributed by atoms with Crippen molar-refractivity contribution in [1.82, 2.24) is 15.2 Å². The number of nitrogens with one attached hydrogen (secondary N) is 1. The second-order valence-electron chi connectivity index (χ2n) is 3.39. The van der Waals surface area contributed by atoms with Crippen LogP contribution in [-0.4, -0.2) is 16.2 Å². The lowest BCUT2D eigenvalue weighted by Crippen LogP contribution is -2.35. The van der Waals surface area contributed by atoms with Gasteiger partial charge in [0.05, 0.1) is 16.9 Å². The lowest BCUT2D eigenvalue weighted by molar-refractivity contribution is 0.0938. The average molecular weight is 239 g/mol. The number of aromatic nitrogens is 2. The van der Waals surface area contributed by atoms with Gasteiger partial charge in [-0.1, -0.05) is 11.6 Å². The zero-order valence-corrected chi connectivity index (χ0v) is 9.17. The van der Waals surface area contributed by atoms with Crippen molar-refractivity contribution in [3.05, 3.63) is 16.9 Å². The Morgan fingerprint density at radius 1 is 1.53 bits per heavy atom. The normalized spacial score (nSPS) is 13.9. The van der Waals surface area contributed by atoms with Crippen LogP contribution < -0.4 is 11.3 Å². The standard InChI is InChI=1S/C8H13ClF2N4/c1-4(2)15-7(5(9)3-13-15)6(14-12)8(10)11/h3-4,6,8,14H,12H2,1-2H3. The molecule has 15 heavy (non-hydrogen) atoms. The first-order valence-corrected chi connectivity index (χ1v) is 4.84. The minimum Gasteiger partial charge on any atom is -0.271 e. The van der Waals surface area contributed by atoms with Crippen LogP contribution in [-0.2, 0) is 0 Å². The maximum Gasteiger partial charge on any atom is 0.260 e. The van der Waals surface area contributed by atoms with Crippen molar-refractivity contribution in [2.45, 2.75) is 32.4 Å². The van der Waals surface area contributed by atoms with E-state index in [-0.39, 0.29) is 16.8 Å². The highest BCUT2D eigenvalue weighted by Crippen LogP contribution is 2.28. The van der Waals surface area contributed by atoms with Crippen LogP contribution in [0.4, 0.5) is 8.78 Å². The van der Waals surface area contributed by atoms with Gasteiger partial charge in [0.1, 0.15) is 6.04 Å². The van der Waals surface area contributed by atoms with Crippen LogP contribution in [0.3, 0.4) is 0 Å². The van der Waals surface area contributed by atoms with E-state index >= 15 is 0 Å². The average Bonchev–Trinajstić information content (AvgIpc) is 2.49. The maximum absolute atomic E-state index is 12.6. The quantitative estimate of drug-likeness (QED) is 0.622. The first-order valence-electron chi connectivity index (χ1n) is 4.46. The number of hydrazine groups is 1. The highest BCUT2D eigenvalue weighted by Gasteiger charge is 2.28. The molecule has 0 aliphatic carbocycles. The zero-order valence-electron chi connectivity index (χ0n) is 8.42. The number of nitrogens with two attached hydrogens (primary N) is 1. The van der Waals surface area contributed by atoms with Gasteiger partial charge in [-0.2, -0.15) is 5.10 Å². The Morgan fingerprint density at radius 2 is 2.13 bits per heavy atom. The van der Waals surface area contributed by atoms with Gasteiger partial charge in [0.15, 0.2) is 0 Å². The van der Waals surface area contributed by atoms with Crippen LogP contribution in [0.2, 0.25) is 5.02 Å². The smallest absolute Gasteiger partial charge is 0.260 e. The predicted molar refractivity (Wildman–Crippen MR) is 53.7 cm³/mol. The Kier molecular flexibility index (Phi) is 4.01. The van der Waals surface area contributed by atoms with E-state index in [1.54, 1.807) is 0 Å². The molecular weight excluding hydrogens is 226 g/mol. The van der Waals surface area contributed by atoms with E-state index in [0.29, 0.717) is 0 Å². The van der Waals surface area contributed by atoms with Crippen LogP contribution in [0.5, 0.6) is 0 Å². The highest BCUT2D eigenvalue weighted by molar-refractivity contribution is 6.31. The number of hydrogen-bond acceptors (Lipinski definition) is 3. The second kappa shape index (κ2) is 4.87. The molecule has 4 nitrogen and oxygen atoms in total. The van der Waals surface area contributed by atoms with Crippen molar-refractivity contribution in [2.75, 3.05) is 0 Å². The van der Waals surface area contributed by atoms with Crippen molar-refractivity contribution in [1.29, 1.82) is 0 Å². The van der Waals surface area contributed by atoms with Crippen LogP contribution in [0.1, 0.15) is 31.6 Å². The highest BCUT2D eigenvalue weighted by atomic mass is 35.5. The molecule has 0 aromatic carbocycles. The van der Waals surface area contributed by atoms with Crippen LogP contribution in [0, 0.1) is 0 Å². The SMILES string of the molecule is CC(C)n1ncc(Cl)c1C(NN)C(F)F. The van der Waals surface area contributed by atoms with Crippen molar-refractivity contribution in [2.24, 2.45) is 5.84 Å². The van der Waals surface area contributed by atoms with E-state index in [1.165, 1.54) is 10.9 Å². The van der Waals surface area contributed by atoms with Crippen molar-refractivity contribution in [3.8, 4) is 0 Å². The predicted octanol–water partition coefficient (Wildman–Crippen LogP) is 1.89. The Morgan fingerprint density at radius 3 is 2.53 bits per heavy atom. The third-order valence-electron chi connectivity index (χ3n) is 2.00. The molecule has 3 N–H and O–H groups in total. The van der Waals surface area contributed by atoms with E-state index in [4.69, 9.17) is 17.4 Å². The molecule has 0 aliphatic heterocycles. The van der Waals surface area contributed by atoms with Crippen LogP contribution >= 0.6 is 11.6 Å². The fraction of sp³-hybridized carbons (Fsp3) is 0.625. The molecule has 0 saturated heterocycles. The summed E-state index contributed by atoms with van der Waals surface area (Å²) in [5, 5.41) is 4.11. The fourth-order valence-electron chi connectivity index (χ4n) is 1.32. The van der Waals surface area contributed by atoms with Crippen LogP contribution in [0.25, 0.3) is 0 Å². The molecule has 1 aromatic rings. The van der Waals surface area contributed by atoms with E-state index in [1.807, 2.05) is 19.3 Å². The first kappa shape index (κ1) is 12.4. The Balaban J connectivity index is 3.14. The summed E-state index contributed by atoms with van der Waals surface area (Å²) in [6.45, 7) is 3.65. The summed E-state index contributed by atoms with van der Waals surface area (Å²) in [4.78, 5) is 0. The van der Waals surface area contributed by atoms with E-state index in [0.717, 1.165) is 0 Å². The van der Waals surface area contributed by atoms with Crippen molar-refractivity contribution in [3.63, 3.8) is 0 Å². The van der Waals surface area contributed by atoms with Gasteiger partial charge in [0, 0.05) is 6.04 Å². The maximum atomic E-state index is 12.6. The fourth-order valence-corrected chi connectivity index (χ4v) is 1.57. The number of halogens is 3. The molecule has 1 aromatic heterocycles. The molecule has 0 fully saturated rings. The van der Waals surface area contributed by atoms with Gasteiger partial charge in [-0.25, -0.2) is 14.2 Å². The summed E-state index contributed by atoms with van der Waals surface area (Å²) in [6.07, 6.45) is -1.30. The largest absolute Gasteiger partial charge is 0.271 e. The topological polar surface area (TPSA) is 55.9 Å². The minimum atomic E-state index is -2.64. The minimum absolute atomic E-state index is 0.0536. The van der Waals surface area contributed by atoms with Gasteiger partial charge in [0.2, 0.25) is 0 Å². The van der Waals surface area contributed by atoms with E-state index in [2.05, 4.69) is 5.10 Å². The molecule has 0 saturated carbocycles. The summed E-state index contributed by atoms with van der Waals surface area (Å²) in [6, 6.07) is -1.36. The molecule has 0 bridgehead atoms. The molecule has 0 radical (unpaired) electrons. The lowest BCUT2D eigenvalue weighted by Gasteiger charge is -2.19. The number of nitrogens with zero attached hydrogens (tertiary/aromatic N) is 2. The molecule has 86 valence electrons. The lowest BCUT2D eigenvalue weighted by atomic mass is 10.2. The molecule has 7 heteroatoms. The van der Waals surface area contributed by atoms with Gasteiger partial charge in [-0.3, -0.25) is 10.5 Å². The van der Waals surface area contributed by atoms with E-state index in [9.17, 15) is 8.78 Å². The van der Waals surface area contributed by atoms with E-state index < -0.39 is 12.5 Å². The van der Waals surface area contributed by atoms with Gasteiger partial charge in [0.25, 0.3) is 6.43 Å². The van der Waals surface area contributed by atoms with Gasteiger partial charge in [-0.05, 0) is 13.8 Å². The summed E-state index contributed by atoms with van der Waals surface area (Å²) < 4.78 is 26.7. The monoisotopic (exact) mass is 238 g/mol. The summed E-state index contributed by atoms with van der Waals surface area (Å²) in [5.74, 6) is 5.07. The Labute approximate surface area is 91.4 Å². The third-order valence-corrected chi connectivity index (χ3v) is 2.29. The van der Waals surface area contributed by atoms with Crippen molar-refractivity contribution >= 4 is 11.6 Å². The third kappa shape index (κ3) is 2.45. The molecule has 0 amide bonds. The number of hydrogen-bond donors (Lipinski definition) is 2. The van der Waals surface area contributed by atoms with Gasteiger partial charge in [-0.15, -0.1) is 0 Å². The number of alkyl halides is 2. The Bertz CT molecular complexity index is 326. The Hall–Kier alpha value is -0.720. The number of rotatable bonds is 4. The molecular formula is C8H13ClF2N4. The summed E-state index contributed by atoms with van der Waals surface area (Å²) >= 11 is 5.79. The summed E-state index contributed by atoms with van der Waals surface area (Å²) in [7, 11) is 0. The zero-order chi connectivity index (χ0) is 11.6. The van der Waals surface area contributed by atoms with Crippen molar-refractivity contribution < 1.29 is 8.78 Å². The molecule has 1 rings (SSSR count). The molecule has 0 spiro atoms. The van der Waals surface area contributed by atoms with Gasteiger partial charge < -0.3 is 0 Å². The second-order valence-corrected chi connectivity index (χ2v) is 3.80. The molecule has 1 atom stereocenters. The first-order chi connectivity index (χ1) is 6.99. The molecule has 0 aliphatic rings.